The number of fused-ring (bicyclic) bond motifs is 9. The Morgan fingerprint density at radius 2 is 1.10 bits per heavy atom. The summed E-state index contributed by atoms with van der Waals surface area (Å²) < 4.78 is 2.34. The maximum atomic E-state index is 10.7. The van der Waals surface area contributed by atoms with Crippen LogP contribution in [-0.4, -0.2) is 22.8 Å². The lowest BCUT2D eigenvalue weighted by Crippen LogP contribution is -2.33. The number of phenolic OH excluding ortho intramolecular Hbond substituents is 1. The molecule has 0 bridgehead atoms. The first-order valence-electron chi connectivity index (χ1n) is 18.0. The Bertz CT molecular complexity index is 2860. The summed E-state index contributed by atoms with van der Waals surface area (Å²) in [4.78, 5) is 2.38. The van der Waals surface area contributed by atoms with Gasteiger partial charge in [0, 0.05) is 29.2 Å². The van der Waals surface area contributed by atoms with Crippen molar-refractivity contribution in [2.75, 3.05) is 11.9 Å². The van der Waals surface area contributed by atoms with E-state index < -0.39 is 0 Å². The minimum absolute atomic E-state index is 0.264. The first-order chi connectivity index (χ1) is 25.6. The Morgan fingerprint density at radius 3 is 1.81 bits per heavy atom. The molecule has 8 aromatic carbocycles. The van der Waals surface area contributed by atoms with Crippen LogP contribution in [0.4, 0.5) is 5.69 Å². The third kappa shape index (κ3) is 4.81. The standard InChI is InChI=1S/C49H36N2O/c1-50(35-11-3-2-4-12-35)47-18-10-9-13-38(47)33-21-19-32(20-22-33)34-23-27-48-45(29-34)46-31-37(52)25-28-49(46)51(48)36-24-26-43-41-16-6-5-14-39(41)40-15-7-8-17-42(40)44(43)30-36/h2-17,19-31,47,52H,18H2,1H3. The molecule has 1 aliphatic carbocycles. The van der Waals surface area contributed by atoms with E-state index in [1.807, 2.05) is 12.1 Å². The predicted octanol–water partition coefficient (Wildman–Crippen LogP) is 12.5. The van der Waals surface area contributed by atoms with E-state index >= 15 is 0 Å². The van der Waals surface area contributed by atoms with Gasteiger partial charge in [-0.3, -0.25) is 0 Å². The topological polar surface area (TPSA) is 28.4 Å². The maximum Gasteiger partial charge on any atom is 0.116 e. The quantitative estimate of drug-likeness (QED) is 0.185. The van der Waals surface area contributed by atoms with Crippen molar-refractivity contribution in [3.05, 3.63) is 182 Å². The average Bonchev–Trinajstić information content (AvgIpc) is 3.53. The molecular weight excluding hydrogens is 633 g/mol. The molecule has 1 unspecified atom stereocenters. The van der Waals surface area contributed by atoms with Gasteiger partial charge in [0.25, 0.3) is 0 Å². The summed E-state index contributed by atoms with van der Waals surface area (Å²) in [5.41, 5.74) is 9.36. The van der Waals surface area contributed by atoms with E-state index in [1.165, 1.54) is 49.1 Å². The van der Waals surface area contributed by atoms with Gasteiger partial charge in [-0.15, -0.1) is 0 Å². The molecule has 0 spiro atoms. The molecule has 1 heterocycles. The Balaban J connectivity index is 1.08. The largest absolute Gasteiger partial charge is 0.508 e. The highest BCUT2D eigenvalue weighted by Gasteiger charge is 2.22. The monoisotopic (exact) mass is 668 g/mol. The smallest absolute Gasteiger partial charge is 0.116 e. The van der Waals surface area contributed by atoms with Gasteiger partial charge in [-0.2, -0.15) is 0 Å². The zero-order valence-electron chi connectivity index (χ0n) is 28.9. The molecule has 52 heavy (non-hydrogen) atoms. The summed E-state index contributed by atoms with van der Waals surface area (Å²) >= 11 is 0. The summed E-state index contributed by atoms with van der Waals surface area (Å²) in [5.74, 6) is 0.266. The molecule has 9 aromatic rings. The second-order valence-corrected chi connectivity index (χ2v) is 13.9. The number of allylic oxidation sites excluding steroid dienone is 2. The van der Waals surface area contributed by atoms with Crippen molar-refractivity contribution < 1.29 is 5.11 Å². The van der Waals surface area contributed by atoms with E-state index in [9.17, 15) is 5.11 Å². The Kier molecular flexibility index (Phi) is 7.00. The van der Waals surface area contributed by atoms with E-state index in [0.717, 1.165) is 45.0 Å². The summed E-state index contributed by atoms with van der Waals surface area (Å²) in [6.45, 7) is 0. The van der Waals surface area contributed by atoms with Crippen LogP contribution in [0.25, 0.3) is 76.5 Å². The van der Waals surface area contributed by atoms with Crippen LogP contribution in [0.1, 0.15) is 12.0 Å². The number of anilines is 1. The van der Waals surface area contributed by atoms with Gasteiger partial charge in [-0.1, -0.05) is 121 Å². The highest BCUT2D eigenvalue weighted by molar-refractivity contribution is 6.25. The van der Waals surface area contributed by atoms with Crippen molar-refractivity contribution >= 4 is 65.4 Å². The number of hydrogen-bond donors (Lipinski definition) is 1. The first kappa shape index (κ1) is 30.3. The van der Waals surface area contributed by atoms with Gasteiger partial charge in [0.1, 0.15) is 5.75 Å². The molecule has 0 aliphatic heterocycles. The van der Waals surface area contributed by atoms with Crippen molar-refractivity contribution in [3.63, 3.8) is 0 Å². The normalized spacial score (nSPS) is 14.5. The van der Waals surface area contributed by atoms with Gasteiger partial charge < -0.3 is 14.6 Å². The van der Waals surface area contributed by atoms with Gasteiger partial charge in [-0.05, 0) is 116 Å². The van der Waals surface area contributed by atoms with Gasteiger partial charge in [-0.25, -0.2) is 0 Å². The zero-order valence-corrected chi connectivity index (χ0v) is 28.9. The third-order valence-electron chi connectivity index (χ3n) is 11.0. The summed E-state index contributed by atoms with van der Waals surface area (Å²) in [7, 11) is 2.19. The average molecular weight is 669 g/mol. The van der Waals surface area contributed by atoms with Gasteiger partial charge >= 0.3 is 0 Å². The molecule has 0 fully saturated rings. The molecule has 3 heteroatoms. The summed E-state index contributed by atoms with van der Waals surface area (Å²) in [6, 6.07) is 56.6. The molecule has 0 radical (unpaired) electrons. The van der Waals surface area contributed by atoms with Crippen LogP contribution < -0.4 is 4.90 Å². The molecule has 1 aliphatic rings. The van der Waals surface area contributed by atoms with Crippen molar-refractivity contribution in [3.8, 4) is 22.6 Å². The Hall–Kier alpha value is -6.58. The number of aromatic nitrogens is 1. The molecule has 0 saturated heterocycles. The van der Waals surface area contributed by atoms with E-state index in [-0.39, 0.29) is 11.8 Å². The van der Waals surface area contributed by atoms with Gasteiger partial charge in [0.15, 0.2) is 0 Å². The van der Waals surface area contributed by atoms with Gasteiger partial charge in [0.05, 0.1) is 17.1 Å². The summed E-state index contributed by atoms with van der Waals surface area (Å²) in [5, 5.41) is 20.4. The minimum Gasteiger partial charge on any atom is -0.508 e. The van der Waals surface area contributed by atoms with Crippen molar-refractivity contribution in [1.29, 1.82) is 0 Å². The lowest BCUT2D eigenvalue weighted by atomic mass is 9.90. The molecule has 1 N–H and O–H groups in total. The highest BCUT2D eigenvalue weighted by atomic mass is 16.3. The fourth-order valence-electron chi connectivity index (χ4n) is 8.47. The Morgan fingerprint density at radius 1 is 0.519 bits per heavy atom. The van der Waals surface area contributed by atoms with E-state index in [1.54, 1.807) is 6.07 Å². The second-order valence-electron chi connectivity index (χ2n) is 13.9. The van der Waals surface area contributed by atoms with Crippen LogP contribution >= 0.6 is 0 Å². The van der Waals surface area contributed by atoms with E-state index in [4.69, 9.17) is 0 Å². The third-order valence-corrected chi connectivity index (χ3v) is 11.0. The van der Waals surface area contributed by atoms with Crippen molar-refractivity contribution in [2.45, 2.75) is 12.5 Å². The molecule has 10 rings (SSSR count). The molecule has 1 aromatic heterocycles. The molecule has 248 valence electrons. The first-order valence-corrected chi connectivity index (χ1v) is 18.0. The van der Waals surface area contributed by atoms with Crippen LogP contribution in [0.15, 0.2) is 176 Å². The zero-order chi connectivity index (χ0) is 34.8. The van der Waals surface area contributed by atoms with E-state index in [2.05, 4.69) is 174 Å². The number of phenols is 1. The lowest BCUT2D eigenvalue weighted by molar-refractivity contribution is 0.476. The predicted molar refractivity (Wildman–Crippen MR) is 221 cm³/mol. The molecule has 0 saturated carbocycles. The molecule has 3 nitrogen and oxygen atoms in total. The second kappa shape index (κ2) is 12.0. The molecule has 0 amide bonds. The number of benzene rings is 8. The number of nitrogens with zero attached hydrogens (tertiary/aromatic N) is 2. The van der Waals surface area contributed by atoms with Crippen LogP contribution in [0.3, 0.4) is 0 Å². The lowest BCUT2D eigenvalue weighted by Gasteiger charge is -2.33. The van der Waals surface area contributed by atoms with Gasteiger partial charge in [0.2, 0.25) is 0 Å². The van der Waals surface area contributed by atoms with Crippen molar-refractivity contribution in [1.82, 2.24) is 4.57 Å². The number of hydrogen-bond acceptors (Lipinski definition) is 2. The van der Waals surface area contributed by atoms with Crippen LogP contribution in [0, 0.1) is 0 Å². The number of rotatable bonds is 5. The number of para-hydroxylation sites is 1. The van der Waals surface area contributed by atoms with Crippen LogP contribution in [0.5, 0.6) is 5.75 Å². The molecular formula is C49H36N2O. The van der Waals surface area contributed by atoms with Crippen LogP contribution in [0.2, 0.25) is 0 Å². The SMILES string of the molecule is CN(c1ccccc1)C1CC=CC=C1c1ccc(-c2ccc3c(c2)c2cc(O)ccc2n3-c2ccc3c4ccccc4c4ccccc4c3c2)cc1. The van der Waals surface area contributed by atoms with Crippen molar-refractivity contribution in [2.24, 2.45) is 0 Å². The molecule has 1 atom stereocenters. The summed E-state index contributed by atoms with van der Waals surface area (Å²) in [6.07, 6.45) is 7.66. The maximum absolute atomic E-state index is 10.7. The fourth-order valence-corrected chi connectivity index (χ4v) is 8.47. The highest BCUT2D eigenvalue weighted by Crippen LogP contribution is 2.40. The van der Waals surface area contributed by atoms with Crippen LogP contribution in [-0.2, 0) is 0 Å². The number of aromatic hydroxyl groups is 1. The Labute approximate surface area is 302 Å². The number of likely N-dealkylation sites (N-methyl/N-ethyl adjacent to an activating group) is 1. The van der Waals surface area contributed by atoms with E-state index in [0.29, 0.717) is 0 Å². The minimum atomic E-state index is 0.264. The fraction of sp³-hybridized carbons (Fsp3) is 0.0612.